The molecule has 2 aromatic rings. The van der Waals surface area contributed by atoms with Gasteiger partial charge in [0.15, 0.2) is 5.96 Å². The van der Waals surface area contributed by atoms with E-state index in [0.717, 1.165) is 71.1 Å². The number of aromatic nitrogens is 1. The van der Waals surface area contributed by atoms with Crippen LogP contribution in [0.2, 0.25) is 0 Å². The predicted molar refractivity (Wildman–Crippen MR) is 110 cm³/mol. The zero-order valence-corrected chi connectivity index (χ0v) is 16.3. The molecule has 1 saturated heterocycles. The molecule has 1 unspecified atom stereocenters. The molecule has 0 bridgehead atoms. The molecular formula is C21H32N4O2. The van der Waals surface area contributed by atoms with Gasteiger partial charge in [0.2, 0.25) is 0 Å². The van der Waals surface area contributed by atoms with Gasteiger partial charge in [-0.25, -0.2) is 0 Å². The largest absolute Gasteiger partial charge is 0.379 e. The Kier molecular flexibility index (Phi) is 7.99. The van der Waals surface area contributed by atoms with E-state index in [2.05, 4.69) is 56.7 Å². The minimum atomic E-state index is 0.310. The molecule has 148 valence electrons. The van der Waals surface area contributed by atoms with Crippen LogP contribution < -0.4 is 10.6 Å². The molecule has 0 spiro atoms. The molecule has 1 atom stereocenters. The van der Waals surface area contributed by atoms with Crippen molar-refractivity contribution >= 4 is 16.9 Å². The van der Waals surface area contributed by atoms with Crippen LogP contribution in [0.15, 0.2) is 41.5 Å². The first-order chi connectivity index (χ1) is 13.4. The molecule has 0 aliphatic carbocycles. The highest BCUT2D eigenvalue weighted by Gasteiger charge is 2.14. The highest BCUT2D eigenvalue weighted by molar-refractivity contribution is 5.80. The normalized spacial score (nSPS) is 17.5. The number of rotatable bonds is 10. The first-order valence-corrected chi connectivity index (χ1v) is 10.0. The van der Waals surface area contributed by atoms with Gasteiger partial charge in [0.1, 0.15) is 0 Å². The summed E-state index contributed by atoms with van der Waals surface area (Å²) in [5.41, 5.74) is 1.29. The van der Waals surface area contributed by atoms with E-state index in [4.69, 9.17) is 9.47 Å². The van der Waals surface area contributed by atoms with Crippen LogP contribution in [0.3, 0.4) is 0 Å². The van der Waals surface area contributed by atoms with Crippen molar-refractivity contribution in [3.05, 3.63) is 36.5 Å². The highest BCUT2D eigenvalue weighted by atomic mass is 16.5. The van der Waals surface area contributed by atoms with Crippen molar-refractivity contribution in [1.82, 2.24) is 15.2 Å². The third-order valence-electron chi connectivity index (χ3n) is 4.86. The first-order valence-electron chi connectivity index (χ1n) is 10.0. The van der Waals surface area contributed by atoms with Gasteiger partial charge in [-0.15, -0.1) is 0 Å². The van der Waals surface area contributed by atoms with Crippen LogP contribution in [0.1, 0.15) is 25.7 Å². The molecule has 2 heterocycles. The second-order valence-corrected chi connectivity index (χ2v) is 6.91. The van der Waals surface area contributed by atoms with Gasteiger partial charge in [0.25, 0.3) is 0 Å². The van der Waals surface area contributed by atoms with Gasteiger partial charge in [0, 0.05) is 51.6 Å². The Morgan fingerprint density at radius 3 is 2.89 bits per heavy atom. The quantitative estimate of drug-likeness (QED) is 0.382. The third kappa shape index (κ3) is 6.26. The number of ether oxygens (including phenoxy) is 2. The van der Waals surface area contributed by atoms with Crippen LogP contribution in [0.25, 0.3) is 10.9 Å². The SMILES string of the molecule is CN=C(NCCCOCC1CCCO1)NCCCn1ccc2ccccc21. The Labute approximate surface area is 161 Å². The lowest BCUT2D eigenvalue weighted by atomic mass is 10.2. The average molecular weight is 373 g/mol. The summed E-state index contributed by atoms with van der Waals surface area (Å²) < 4.78 is 13.5. The van der Waals surface area contributed by atoms with E-state index in [-0.39, 0.29) is 0 Å². The molecule has 6 heteroatoms. The summed E-state index contributed by atoms with van der Waals surface area (Å²) in [5, 5.41) is 8.02. The average Bonchev–Trinajstić information content (AvgIpc) is 3.36. The number of aryl methyl sites for hydroxylation is 1. The van der Waals surface area contributed by atoms with Gasteiger partial charge < -0.3 is 24.7 Å². The lowest BCUT2D eigenvalue weighted by Crippen LogP contribution is -2.38. The monoisotopic (exact) mass is 372 g/mol. The number of para-hydroxylation sites is 1. The van der Waals surface area contributed by atoms with E-state index in [9.17, 15) is 0 Å². The summed E-state index contributed by atoms with van der Waals surface area (Å²) in [4.78, 5) is 4.28. The lowest BCUT2D eigenvalue weighted by Gasteiger charge is -2.13. The molecule has 1 aliphatic rings. The van der Waals surface area contributed by atoms with Crippen molar-refractivity contribution in [2.75, 3.05) is 40.0 Å². The molecule has 1 aliphatic heterocycles. The van der Waals surface area contributed by atoms with Crippen LogP contribution in [-0.4, -0.2) is 56.6 Å². The Balaban J connectivity index is 1.24. The zero-order valence-electron chi connectivity index (χ0n) is 16.3. The van der Waals surface area contributed by atoms with Crippen LogP contribution in [-0.2, 0) is 16.0 Å². The van der Waals surface area contributed by atoms with Crippen molar-refractivity contribution < 1.29 is 9.47 Å². The van der Waals surface area contributed by atoms with E-state index in [1.54, 1.807) is 0 Å². The molecule has 0 saturated carbocycles. The van der Waals surface area contributed by atoms with Crippen molar-refractivity contribution in [3.63, 3.8) is 0 Å². The molecule has 2 N–H and O–H groups in total. The van der Waals surface area contributed by atoms with Crippen LogP contribution >= 0.6 is 0 Å². The molecule has 27 heavy (non-hydrogen) atoms. The number of hydrogen-bond acceptors (Lipinski definition) is 3. The van der Waals surface area contributed by atoms with E-state index in [0.29, 0.717) is 6.10 Å². The molecule has 0 amide bonds. The van der Waals surface area contributed by atoms with Gasteiger partial charge in [-0.2, -0.15) is 0 Å². The first kappa shape index (κ1) is 19.7. The standard InChI is InChI=1S/C21H32N4O2/c1-22-21(24-12-6-15-26-17-19-8-4-16-27-19)23-11-5-13-25-14-10-18-7-2-3-9-20(18)25/h2-3,7,9-10,14,19H,4-6,8,11-13,15-17H2,1H3,(H2,22,23,24). The predicted octanol–water partition coefficient (Wildman–Crippen LogP) is 2.78. The second-order valence-electron chi connectivity index (χ2n) is 6.91. The summed E-state index contributed by atoms with van der Waals surface area (Å²) >= 11 is 0. The number of nitrogens with one attached hydrogen (secondary N) is 2. The fourth-order valence-electron chi connectivity index (χ4n) is 3.38. The maximum absolute atomic E-state index is 5.68. The Morgan fingerprint density at radius 1 is 1.22 bits per heavy atom. The van der Waals surface area contributed by atoms with E-state index in [1.165, 1.54) is 10.9 Å². The molecular weight excluding hydrogens is 340 g/mol. The van der Waals surface area contributed by atoms with Crippen molar-refractivity contribution in [2.24, 2.45) is 4.99 Å². The molecule has 6 nitrogen and oxygen atoms in total. The van der Waals surface area contributed by atoms with Gasteiger partial charge in [-0.3, -0.25) is 4.99 Å². The van der Waals surface area contributed by atoms with Gasteiger partial charge in [-0.05, 0) is 43.2 Å². The third-order valence-corrected chi connectivity index (χ3v) is 4.86. The summed E-state index contributed by atoms with van der Waals surface area (Å²) in [6, 6.07) is 10.7. The molecule has 1 fully saturated rings. The smallest absolute Gasteiger partial charge is 0.190 e. The summed E-state index contributed by atoms with van der Waals surface area (Å²) in [6.07, 6.45) is 6.78. The van der Waals surface area contributed by atoms with Crippen LogP contribution in [0.5, 0.6) is 0 Å². The fourth-order valence-corrected chi connectivity index (χ4v) is 3.38. The number of guanidine groups is 1. The van der Waals surface area contributed by atoms with Gasteiger partial charge in [-0.1, -0.05) is 18.2 Å². The number of aliphatic imine (C=N–C) groups is 1. The maximum Gasteiger partial charge on any atom is 0.190 e. The zero-order chi connectivity index (χ0) is 18.7. The Bertz CT molecular complexity index is 707. The molecule has 3 rings (SSSR count). The van der Waals surface area contributed by atoms with Crippen molar-refractivity contribution in [2.45, 2.75) is 38.3 Å². The van der Waals surface area contributed by atoms with Crippen molar-refractivity contribution in [3.8, 4) is 0 Å². The maximum atomic E-state index is 5.68. The Hall–Kier alpha value is -2.05. The topological polar surface area (TPSA) is 59.8 Å². The molecule has 1 aromatic carbocycles. The van der Waals surface area contributed by atoms with Crippen LogP contribution in [0, 0.1) is 0 Å². The summed E-state index contributed by atoms with van der Waals surface area (Å²) in [6.45, 7) is 5.10. The number of hydrogen-bond donors (Lipinski definition) is 2. The number of nitrogens with zero attached hydrogens (tertiary/aromatic N) is 2. The summed E-state index contributed by atoms with van der Waals surface area (Å²) in [7, 11) is 1.81. The lowest BCUT2D eigenvalue weighted by molar-refractivity contribution is 0.0168. The minimum Gasteiger partial charge on any atom is -0.379 e. The highest BCUT2D eigenvalue weighted by Crippen LogP contribution is 2.15. The fraction of sp³-hybridized carbons (Fsp3) is 0.571. The van der Waals surface area contributed by atoms with E-state index < -0.39 is 0 Å². The Morgan fingerprint density at radius 2 is 2.07 bits per heavy atom. The van der Waals surface area contributed by atoms with Crippen molar-refractivity contribution in [1.29, 1.82) is 0 Å². The number of benzene rings is 1. The van der Waals surface area contributed by atoms with Gasteiger partial charge in [0.05, 0.1) is 12.7 Å². The minimum absolute atomic E-state index is 0.310. The molecule has 0 radical (unpaired) electrons. The number of fused-ring (bicyclic) bond motifs is 1. The summed E-state index contributed by atoms with van der Waals surface area (Å²) in [5.74, 6) is 0.853. The second kappa shape index (κ2) is 10.9. The van der Waals surface area contributed by atoms with E-state index >= 15 is 0 Å². The van der Waals surface area contributed by atoms with E-state index in [1.807, 2.05) is 7.05 Å². The van der Waals surface area contributed by atoms with Gasteiger partial charge >= 0.3 is 0 Å². The molecule has 1 aromatic heterocycles. The van der Waals surface area contributed by atoms with Crippen LogP contribution in [0.4, 0.5) is 0 Å².